The van der Waals surface area contributed by atoms with Crippen LogP contribution in [0.25, 0.3) is 6.08 Å². The molecule has 5 nitrogen and oxygen atoms in total. The summed E-state index contributed by atoms with van der Waals surface area (Å²) in [6.07, 6.45) is 2.90. The van der Waals surface area contributed by atoms with Gasteiger partial charge in [0.25, 0.3) is 5.91 Å². The van der Waals surface area contributed by atoms with Gasteiger partial charge >= 0.3 is 0 Å². The number of halogens is 1. The zero-order chi connectivity index (χ0) is 15.1. The van der Waals surface area contributed by atoms with E-state index in [9.17, 15) is 4.79 Å². The predicted molar refractivity (Wildman–Crippen MR) is 76.5 cm³/mol. The molecule has 1 rings (SSSR count). The van der Waals surface area contributed by atoms with Crippen molar-refractivity contribution in [3.63, 3.8) is 0 Å². The number of carbonyl (C=O) groups is 1. The molecule has 0 radical (unpaired) electrons. The van der Waals surface area contributed by atoms with Gasteiger partial charge in [0.2, 0.25) is 0 Å². The minimum atomic E-state index is -0.811. The maximum Gasteiger partial charge on any atom is 0.259 e. The maximum absolute atomic E-state index is 11.0. The van der Waals surface area contributed by atoms with Crippen LogP contribution in [0.1, 0.15) is 5.56 Å². The fraction of sp³-hybridized carbons (Fsp3) is 0.143. The Labute approximate surface area is 121 Å². The lowest BCUT2D eigenvalue weighted by Crippen LogP contribution is -2.12. The molecule has 0 fully saturated rings. The van der Waals surface area contributed by atoms with Crippen molar-refractivity contribution < 1.29 is 14.3 Å². The van der Waals surface area contributed by atoms with Crippen molar-refractivity contribution in [2.45, 2.75) is 0 Å². The van der Waals surface area contributed by atoms with Crippen molar-refractivity contribution in [1.82, 2.24) is 0 Å². The van der Waals surface area contributed by atoms with Crippen molar-refractivity contribution in [3.05, 3.63) is 40.9 Å². The van der Waals surface area contributed by atoms with Gasteiger partial charge in [0.1, 0.15) is 18.2 Å². The second kappa shape index (κ2) is 7.22. The van der Waals surface area contributed by atoms with Gasteiger partial charge in [-0.05, 0) is 23.8 Å². The number of nitrogens with two attached hydrogens (primary N) is 1. The molecule has 1 aromatic carbocycles. The molecule has 0 unspecified atom stereocenters. The molecule has 0 aliphatic rings. The van der Waals surface area contributed by atoms with Gasteiger partial charge in [-0.25, -0.2) is 0 Å². The first kappa shape index (κ1) is 15.6. The van der Waals surface area contributed by atoms with E-state index >= 15 is 0 Å². The second-order valence-electron chi connectivity index (χ2n) is 3.67. The zero-order valence-electron chi connectivity index (χ0n) is 10.9. The van der Waals surface area contributed by atoms with Crippen LogP contribution in [-0.2, 0) is 4.79 Å². The number of rotatable bonds is 6. The molecule has 0 aliphatic carbocycles. The Bertz CT molecular complexity index is 603. The maximum atomic E-state index is 11.0. The Morgan fingerprint density at radius 1 is 1.60 bits per heavy atom. The van der Waals surface area contributed by atoms with Crippen LogP contribution in [0.4, 0.5) is 0 Å². The van der Waals surface area contributed by atoms with Crippen LogP contribution in [0.2, 0.25) is 5.02 Å². The molecule has 0 spiro atoms. The number of nitriles is 1. The lowest BCUT2D eigenvalue weighted by molar-refractivity contribution is -0.114. The van der Waals surface area contributed by atoms with Gasteiger partial charge in [0.05, 0.1) is 12.1 Å². The summed E-state index contributed by atoms with van der Waals surface area (Å²) in [5.74, 6) is -0.0641. The van der Waals surface area contributed by atoms with E-state index in [4.69, 9.17) is 32.1 Å². The number of benzene rings is 1. The van der Waals surface area contributed by atoms with Crippen LogP contribution in [0.3, 0.4) is 0 Å². The zero-order valence-corrected chi connectivity index (χ0v) is 11.6. The SMILES string of the molecule is C=CCOc1c(Cl)cc(/C=C(\C#N)C(N)=O)cc1OC. The lowest BCUT2D eigenvalue weighted by atomic mass is 10.1. The van der Waals surface area contributed by atoms with Crippen molar-refractivity contribution in [2.24, 2.45) is 5.73 Å². The van der Waals surface area contributed by atoms with Crippen LogP contribution in [0.15, 0.2) is 30.4 Å². The lowest BCUT2D eigenvalue weighted by Gasteiger charge is -2.12. The van der Waals surface area contributed by atoms with Gasteiger partial charge in [-0.2, -0.15) is 5.26 Å². The molecule has 0 bridgehead atoms. The third kappa shape index (κ3) is 3.77. The topological polar surface area (TPSA) is 85.3 Å². The number of primary amides is 1. The molecule has 0 saturated heterocycles. The monoisotopic (exact) mass is 292 g/mol. The van der Waals surface area contributed by atoms with Crippen LogP contribution in [-0.4, -0.2) is 19.6 Å². The van der Waals surface area contributed by atoms with E-state index in [1.807, 2.05) is 0 Å². The summed E-state index contributed by atoms with van der Waals surface area (Å²) < 4.78 is 10.6. The number of hydrogen-bond donors (Lipinski definition) is 1. The van der Waals surface area contributed by atoms with Crippen LogP contribution >= 0.6 is 11.6 Å². The summed E-state index contributed by atoms with van der Waals surface area (Å²) in [6.45, 7) is 3.82. The van der Waals surface area contributed by atoms with E-state index in [1.54, 1.807) is 24.3 Å². The van der Waals surface area contributed by atoms with E-state index in [-0.39, 0.29) is 12.2 Å². The first-order chi connectivity index (χ1) is 9.53. The number of methoxy groups -OCH3 is 1. The summed E-state index contributed by atoms with van der Waals surface area (Å²) in [6, 6.07) is 4.85. The molecule has 1 amide bonds. The molecule has 20 heavy (non-hydrogen) atoms. The summed E-state index contributed by atoms with van der Waals surface area (Å²) in [5.41, 5.74) is 5.40. The smallest absolute Gasteiger partial charge is 0.259 e. The Morgan fingerprint density at radius 3 is 2.80 bits per heavy atom. The largest absolute Gasteiger partial charge is 0.493 e. The fourth-order valence-electron chi connectivity index (χ4n) is 1.43. The van der Waals surface area contributed by atoms with Crippen molar-refractivity contribution in [3.8, 4) is 17.6 Å². The van der Waals surface area contributed by atoms with E-state index in [2.05, 4.69) is 6.58 Å². The Balaban J connectivity index is 3.26. The van der Waals surface area contributed by atoms with Gasteiger partial charge in [0.15, 0.2) is 11.5 Å². The molecule has 0 aliphatic heterocycles. The highest BCUT2D eigenvalue weighted by Crippen LogP contribution is 2.37. The van der Waals surface area contributed by atoms with Gasteiger partial charge < -0.3 is 15.2 Å². The van der Waals surface area contributed by atoms with Crippen LogP contribution in [0.5, 0.6) is 11.5 Å². The third-order valence-corrected chi connectivity index (χ3v) is 2.57. The van der Waals surface area contributed by atoms with Gasteiger partial charge in [-0.15, -0.1) is 0 Å². The molecular formula is C14H13ClN2O3. The van der Waals surface area contributed by atoms with E-state index in [0.717, 1.165) is 0 Å². The third-order valence-electron chi connectivity index (χ3n) is 2.29. The Morgan fingerprint density at radius 2 is 2.30 bits per heavy atom. The highest BCUT2D eigenvalue weighted by atomic mass is 35.5. The summed E-state index contributed by atoms with van der Waals surface area (Å²) >= 11 is 6.09. The van der Waals surface area contributed by atoms with Crippen molar-refractivity contribution >= 4 is 23.6 Å². The standard InChI is InChI=1S/C14H13ClN2O3/c1-3-4-20-13-11(15)6-9(7-12(13)19-2)5-10(8-16)14(17)18/h3,5-7H,1,4H2,2H3,(H2,17,18)/b10-5+. The average molecular weight is 293 g/mol. The minimum absolute atomic E-state index is 0.178. The molecule has 0 atom stereocenters. The summed E-state index contributed by atoms with van der Waals surface area (Å²) in [7, 11) is 1.46. The molecule has 2 N–H and O–H groups in total. The van der Waals surface area contributed by atoms with Gasteiger partial charge in [-0.3, -0.25) is 4.79 Å². The van der Waals surface area contributed by atoms with Crippen LogP contribution in [0, 0.1) is 11.3 Å². The van der Waals surface area contributed by atoms with E-state index in [0.29, 0.717) is 22.1 Å². The number of ether oxygens (including phenoxy) is 2. The first-order valence-electron chi connectivity index (χ1n) is 5.56. The first-order valence-corrected chi connectivity index (χ1v) is 5.94. The number of nitrogens with zero attached hydrogens (tertiary/aromatic N) is 1. The second-order valence-corrected chi connectivity index (χ2v) is 4.08. The minimum Gasteiger partial charge on any atom is -0.493 e. The predicted octanol–water partition coefficient (Wildman–Crippen LogP) is 2.31. The fourth-order valence-corrected chi connectivity index (χ4v) is 1.70. The average Bonchev–Trinajstić information content (AvgIpc) is 2.42. The molecule has 6 heteroatoms. The van der Waals surface area contributed by atoms with E-state index < -0.39 is 5.91 Å². The number of hydrogen-bond acceptors (Lipinski definition) is 4. The Hall–Kier alpha value is -2.45. The van der Waals surface area contributed by atoms with Crippen molar-refractivity contribution in [2.75, 3.05) is 13.7 Å². The van der Waals surface area contributed by atoms with E-state index in [1.165, 1.54) is 13.2 Å². The van der Waals surface area contributed by atoms with Gasteiger partial charge in [0, 0.05) is 0 Å². The number of amides is 1. The Kier molecular flexibility index (Phi) is 5.63. The van der Waals surface area contributed by atoms with Crippen LogP contribution < -0.4 is 15.2 Å². The highest BCUT2D eigenvalue weighted by Gasteiger charge is 2.12. The molecule has 0 heterocycles. The van der Waals surface area contributed by atoms with Crippen molar-refractivity contribution in [1.29, 1.82) is 5.26 Å². The summed E-state index contributed by atoms with van der Waals surface area (Å²) in [4.78, 5) is 11.0. The molecular weight excluding hydrogens is 280 g/mol. The summed E-state index contributed by atoms with van der Waals surface area (Å²) in [5, 5.41) is 9.10. The quantitative estimate of drug-likeness (QED) is 0.495. The molecule has 104 valence electrons. The molecule has 0 aromatic heterocycles. The van der Waals surface area contributed by atoms with Gasteiger partial charge in [-0.1, -0.05) is 24.3 Å². The number of carbonyl (C=O) groups excluding carboxylic acids is 1. The highest BCUT2D eigenvalue weighted by molar-refractivity contribution is 6.32. The normalized spacial score (nSPS) is 10.6. The molecule has 0 saturated carbocycles. The molecule has 1 aromatic rings.